The molecule has 98 valence electrons. The summed E-state index contributed by atoms with van der Waals surface area (Å²) < 4.78 is 7.44. The zero-order valence-corrected chi connectivity index (χ0v) is 11.7. The lowest BCUT2D eigenvalue weighted by Crippen LogP contribution is -2.15. The maximum Gasteiger partial charge on any atom is 0.215 e. The number of methoxy groups -OCH3 is 1. The van der Waals surface area contributed by atoms with Crippen molar-refractivity contribution in [2.45, 2.75) is 52.5 Å². The molecule has 0 radical (unpaired) electrons. The fourth-order valence-electron chi connectivity index (χ4n) is 2.03. The predicted octanol–water partition coefficient (Wildman–Crippen LogP) is 2.10. The second kappa shape index (κ2) is 5.54. The van der Waals surface area contributed by atoms with E-state index in [1.165, 1.54) is 5.56 Å². The molecule has 0 aliphatic carbocycles. The molecule has 1 rings (SSSR count). The quantitative estimate of drug-likeness (QED) is 0.856. The molecule has 0 bridgehead atoms. The summed E-state index contributed by atoms with van der Waals surface area (Å²) in [6.45, 7) is 10.1. The van der Waals surface area contributed by atoms with E-state index in [2.05, 4.69) is 32.8 Å². The van der Waals surface area contributed by atoms with Crippen LogP contribution in [0.3, 0.4) is 0 Å². The monoisotopic (exact) mass is 239 g/mol. The number of aryl methyl sites for hydroxylation is 1. The Morgan fingerprint density at radius 3 is 2.41 bits per heavy atom. The van der Waals surface area contributed by atoms with Crippen LogP contribution in [0.1, 0.15) is 45.4 Å². The van der Waals surface area contributed by atoms with Gasteiger partial charge in [-0.25, -0.2) is 4.68 Å². The van der Waals surface area contributed by atoms with E-state index in [9.17, 15) is 0 Å². The van der Waals surface area contributed by atoms with Crippen molar-refractivity contribution < 1.29 is 4.74 Å². The van der Waals surface area contributed by atoms with Gasteiger partial charge >= 0.3 is 0 Å². The number of nitrogens with zero attached hydrogens (tertiary/aromatic N) is 2. The molecule has 0 spiro atoms. The van der Waals surface area contributed by atoms with Gasteiger partial charge in [0.2, 0.25) is 5.88 Å². The van der Waals surface area contributed by atoms with Crippen molar-refractivity contribution in [2.75, 3.05) is 13.7 Å². The first-order chi connectivity index (χ1) is 7.95. The minimum absolute atomic E-state index is 0.0393. The Labute approximate surface area is 104 Å². The van der Waals surface area contributed by atoms with Crippen LogP contribution in [-0.2, 0) is 18.4 Å². The van der Waals surface area contributed by atoms with Crippen LogP contribution in [0, 0.1) is 0 Å². The minimum atomic E-state index is 0.0393. The maximum atomic E-state index is 5.60. The molecule has 0 saturated carbocycles. The Kier molecular flexibility index (Phi) is 4.57. The largest absolute Gasteiger partial charge is 0.481 e. The summed E-state index contributed by atoms with van der Waals surface area (Å²) in [6, 6.07) is 0. The van der Waals surface area contributed by atoms with Crippen LogP contribution in [-0.4, -0.2) is 23.4 Å². The minimum Gasteiger partial charge on any atom is -0.481 e. The smallest absolute Gasteiger partial charge is 0.215 e. The third-order valence-electron chi connectivity index (χ3n) is 2.83. The number of nitrogens with two attached hydrogens (primary N) is 1. The Hall–Kier alpha value is -1.03. The molecule has 0 fully saturated rings. The van der Waals surface area contributed by atoms with Crippen LogP contribution in [0.5, 0.6) is 5.88 Å². The highest BCUT2D eigenvalue weighted by Crippen LogP contribution is 2.32. The lowest BCUT2D eigenvalue weighted by Gasteiger charge is -2.17. The van der Waals surface area contributed by atoms with Crippen molar-refractivity contribution in [1.82, 2.24) is 9.78 Å². The standard InChI is InChI=1S/C13H25N3O/c1-6-16-12(17-5)10(8-7-9-14)11(15-16)13(2,3)4/h6-9,14H2,1-5H3. The molecule has 0 aromatic carbocycles. The molecule has 0 aliphatic heterocycles. The van der Waals surface area contributed by atoms with Gasteiger partial charge in [0.05, 0.1) is 12.8 Å². The predicted molar refractivity (Wildman–Crippen MR) is 70.5 cm³/mol. The topological polar surface area (TPSA) is 53.1 Å². The van der Waals surface area contributed by atoms with E-state index in [0.717, 1.165) is 31.0 Å². The normalized spacial score (nSPS) is 11.9. The van der Waals surface area contributed by atoms with Crippen molar-refractivity contribution in [3.8, 4) is 5.88 Å². The first-order valence-electron chi connectivity index (χ1n) is 6.29. The van der Waals surface area contributed by atoms with Gasteiger partial charge in [-0.1, -0.05) is 20.8 Å². The Bertz CT molecular complexity index is 363. The average molecular weight is 239 g/mol. The van der Waals surface area contributed by atoms with Gasteiger partial charge in [0.25, 0.3) is 0 Å². The van der Waals surface area contributed by atoms with Crippen molar-refractivity contribution >= 4 is 0 Å². The van der Waals surface area contributed by atoms with Gasteiger partial charge in [0, 0.05) is 17.5 Å². The summed E-state index contributed by atoms with van der Waals surface area (Å²) in [5.74, 6) is 0.894. The highest BCUT2D eigenvalue weighted by molar-refractivity contribution is 5.36. The molecule has 17 heavy (non-hydrogen) atoms. The van der Waals surface area contributed by atoms with Gasteiger partial charge in [0.1, 0.15) is 0 Å². The van der Waals surface area contributed by atoms with Crippen molar-refractivity contribution in [3.05, 3.63) is 11.3 Å². The molecule has 1 aromatic heterocycles. The van der Waals surface area contributed by atoms with Crippen LogP contribution in [0.2, 0.25) is 0 Å². The molecule has 2 N–H and O–H groups in total. The summed E-state index contributed by atoms with van der Waals surface area (Å²) >= 11 is 0. The Morgan fingerprint density at radius 1 is 1.35 bits per heavy atom. The van der Waals surface area contributed by atoms with E-state index < -0.39 is 0 Å². The summed E-state index contributed by atoms with van der Waals surface area (Å²) in [5.41, 5.74) is 7.98. The van der Waals surface area contributed by atoms with E-state index in [1.54, 1.807) is 7.11 Å². The van der Waals surface area contributed by atoms with Crippen LogP contribution in [0.15, 0.2) is 0 Å². The molecular weight excluding hydrogens is 214 g/mol. The lowest BCUT2D eigenvalue weighted by atomic mass is 9.88. The van der Waals surface area contributed by atoms with Gasteiger partial charge in [-0.2, -0.15) is 5.10 Å². The molecule has 0 atom stereocenters. The van der Waals surface area contributed by atoms with Crippen molar-refractivity contribution in [2.24, 2.45) is 5.73 Å². The molecule has 1 aromatic rings. The van der Waals surface area contributed by atoms with Gasteiger partial charge in [0.15, 0.2) is 0 Å². The number of hydrogen-bond acceptors (Lipinski definition) is 3. The highest BCUT2D eigenvalue weighted by atomic mass is 16.5. The van der Waals surface area contributed by atoms with Crippen molar-refractivity contribution in [3.63, 3.8) is 0 Å². The fraction of sp³-hybridized carbons (Fsp3) is 0.769. The fourth-order valence-corrected chi connectivity index (χ4v) is 2.03. The van der Waals surface area contributed by atoms with Gasteiger partial charge < -0.3 is 10.5 Å². The average Bonchev–Trinajstić information content (AvgIpc) is 2.63. The molecule has 4 heteroatoms. The van der Waals surface area contributed by atoms with E-state index >= 15 is 0 Å². The number of ether oxygens (including phenoxy) is 1. The van der Waals surface area contributed by atoms with Crippen LogP contribution >= 0.6 is 0 Å². The second-order valence-electron chi connectivity index (χ2n) is 5.29. The molecule has 1 heterocycles. The highest BCUT2D eigenvalue weighted by Gasteiger charge is 2.26. The molecule has 0 saturated heterocycles. The number of rotatable bonds is 5. The van der Waals surface area contributed by atoms with Crippen LogP contribution in [0.25, 0.3) is 0 Å². The van der Waals surface area contributed by atoms with Crippen LogP contribution < -0.4 is 10.5 Å². The first-order valence-corrected chi connectivity index (χ1v) is 6.29. The Balaban J connectivity index is 3.23. The Morgan fingerprint density at radius 2 is 2.00 bits per heavy atom. The molecular formula is C13H25N3O. The van der Waals surface area contributed by atoms with Crippen LogP contribution in [0.4, 0.5) is 0 Å². The number of aromatic nitrogens is 2. The second-order valence-corrected chi connectivity index (χ2v) is 5.29. The van der Waals surface area contributed by atoms with E-state index in [1.807, 2.05) is 4.68 Å². The van der Waals surface area contributed by atoms with Gasteiger partial charge in [-0.15, -0.1) is 0 Å². The summed E-state index contributed by atoms with van der Waals surface area (Å²) in [5, 5.41) is 4.67. The third kappa shape index (κ3) is 3.00. The van der Waals surface area contributed by atoms with E-state index in [4.69, 9.17) is 10.5 Å². The SMILES string of the molecule is CCn1nc(C(C)(C)C)c(CCCN)c1OC. The van der Waals surface area contributed by atoms with E-state index in [0.29, 0.717) is 6.54 Å². The third-order valence-corrected chi connectivity index (χ3v) is 2.83. The maximum absolute atomic E-state index is 5.60. The molecule has 0 aliphatic rings. The molecule has 4 nitrogen and oxygen atoms in total. The molecule has 0 unspecified atom stereocenters. The van der Waals surface area contributed by atoms with Gasteiger partial charge in [-0.05, 0) is 26.3 Å². The van der Waals surface area contributed by atoms with Gasteiger partial charge in [-0.3, -0.25) is 0 Å². The summed E-state index contributed by atoms with van der Waals surface area (Å²) in [7, 11) is 1.71. The summed E-state index contributed by atoms with van der Waals surface area (Å²) in [6.07, 6.45) is 1.90. The molecule has 0 amide bonds. The number of hydrogen-bond donors (Lipinski definition) is 1. The zero-order valence-electron chi connectivity index (χ0n) is 11.7. The summed E-state index contributed by atoms with van der Waals surface area (Å²) in [4.78, 5) is 0. The van der Waals surface area contributed by atoms with E-state index in [-0.39, 0.29) is 5.41 Å². The van der Waals surface area contributed by atoms with Crippen molar-refractivity contribution in [1.29, 1.82) is 0 Å². The first kappa shape index (κ1) is 14.0. The lowest BCUT2D eigenvalue weighted by molar-refractivity contribution is 0.359. The zero-order chi connectivity index (χ0) is 13.1.